The van der Waals surface area contributed by atoms with Crippen LogP contribution in [0.1, 0.15) is 18.1 Å². The van der Waals surface area contributed by atoms with Crippen LogP contribution in [-0.4, -0.2) is 12.0 Å². The van der Waals surface area contributed by atoms with Crippen LogP contribution < -0.4 is 10.1 Å². The van der Waals surface area contributed by atoms with E-state index in [4.69, 9.17) is 16.3 Å². The van der Waals surface area contributed by atoms with Crippen molar-refractivity contribution in [2.45, 2.75) is 25.7 Å². The van der Waals surface area contributed by atoms with E-state index < -0.39 is 23.8 Å². The van der Waals surface area contributed by atoms with Gasteiger partial charge in [-0.05, 0) is 36.8 Å². The SMILES string of the molecule is C[C@@H](Oc1cccc(C(F)(F)F)c1)C(=O)NCc1ccccc1Cl. The quantitative estimate of drug-likeness (QED) is 0.859. The Labute approximate surface area is 142 Å². The highest BCUT2D eigenvalue weighted by atomic mass is 35.5. The summed E-state index contributed by atoms with van der Waals surface area (Å²) < 4.78 is 43.3. The van der Waals surface area contributed by atoms with E-state index in [1.807, 2.05) is 0 Å². The van der Waals surface area contributed by atoms with Crippen molar-refractivity contribution in [1.82, 2.24) is 5.32 Å². The van der Waals surface area contributed by atoms with Crippen molar-refractivity contribution in [3.63, 3.8) is 0 Å². The van der Waals surface area contributed by atoms with Crippen molar-refractivity contribution >= 4 is 17.5 Å². The van der Waals surface area contributed by atoms with Gasteiger partial charge in [-0.15, -0.1) is 0 Å². The summed E-state index contributed by atoms with van der Waals surface area (Å²) in [5.74, 6) is -0.474. The lowest BCUT2D eigenvalue weighted by atomic mass is 10.2. The van der Waals surface area contributed by atoms with E-state index in [0.717, 1.165) is 17.7 Å². The van der Waals surface area contributed by atoms with Gasteiger partial charge in [0.15, 0.2) is 6.10 Å². The van der Waals surface area contributed by atoms with Crippen molar-refractivity contribution in [3.05, 3.63) is 64.7 Å². The summed E-state index contributed by atoms with van der Waals surface area (Å²) in [4.78, 5) is 12.0. The van der Waals surface area contributed by atoms with Gasteiger partial charge in [-0.1, -0.05) is 35.9 Å². The van der Waals surface area contributed by atoms with E-state index in [2.05, 4.69) is 5.32 Å². The molecule has 3 nitrogen and oxygen atoms in total. The average molecular weight is 358 g/mol. The second-order valence-electron chi connectivity index (χ2n) is 5.09. The Hall–Kier alpha value is -2.21. The van der Waals surface area contributed by atoms with Gasteiger partial charge in [0.25, 0.3) is 5.91 Å². The molecular weight excluding hydrogens is 343 g/mol. The molecule has 24 heavy (non-hydrogen) atoms. The molecule has 0 saturated heterocycles. The number of hydrogen-bond donors (Lipinski definition) is 1. The maximum Gasteiger partial charge on any atom is 0.416 e. The van der Waals surface area contributed by atoms with Crippen LogP contribution in [0.4, 0.5) is 13.2 Å². The molecule has 0 aliphatic carbocycles. The number of alkyl halides is 3. The van der Waals surface area contributed by atoms with Crippen LogP contribution in [0.2, 0.25) is 5.02 Å². The van der Waals surface area contributed by atoms with Crippen molar-refractivity contribution in [2.75, 3.05) is 0 Å². The fourth-order valence-corrected chi connectivity index (χ4v) is 2.17. The second kappa shape index (κ2) is 7.57. The molecular formula is C17H15ClF3NO2. The molecule has 0 heterocycles. The van der Waals surface area contributed by atoms with Crippen molar-refractivity contribution < 1.29 is 22.7 Å². The van der Waals surface area contributed by atoms with Gasteiger partial charge in [-0.25, -0.2) is 0 Å². The first kappa shape index (κ1) is 18.1. The van der Waals surface area contributed by atoms with Crippen molar-refractivity contribution in [2.24, 2.45) is 0 Å². The Morgan fingerprint density at radius 1 is 1.21 bits per heavy atom. The molecule has 1 N–H and O–H groups in total. The molecule has 0 bridgehead atoms. The van der Waals surface area contributed by atoms with Crippen LogP contribution in [0, 0.1) is 0 Å². The molecule has 0 radical (unpaired) electrons. The Balaban J connectivity index is 1.96. The monoisotopic (exact) mass is 357 g/mol. The van der Waals surface area contributed by atoms with Crippen LogP contribution in [0.3, 0.4) is 0 Å². The first-order valence-electron chi connectivity index (χ1n) is 7.12. The number of amides is 1. The Morgan fingerprint density at radius 2 is 1.92 bits per heavy atom. The van der Waals surface area contributed by atoms with Crippen molar-refractivity contribution in [1.29, 1.82) is 0 Å². The fourth-order valence-electron chi connectivity index (χ4n) is 1.97. The Morgan fingerprint density at radius 3 is 2.58 bits per heavy atom. The number of nitrogens with one attached hydrogen (secondary N) is 1. The van der Waals surface area contributed by atoms with Crippen LogP contribution in [-0.2, 0) is 17.5 Å². The molecule has 2 aromatic carbocycles. The molecule has 1 atom stereocenters. The lowest BCUT2D eigenvalue weighted by Crippen LogP contribution is -2.36. The molecule has 0 fully saturated rings. The molecule has 7 heteroatoms. The largest absolute Gasteiger partial charge is 0.481 e. The smallest absolute Gasteiger partial charge is 0.416 e. The van der Waals surface area contributed by atoms with Crippen LogP contribution >= 0.6 is 11.6 Å². The fraction of sp³-hybridized carbons (Fsp3) is 0.235. The van der Waals surface area contributed by atoms with Gasteiger partial charge < -0.3 is 10.1 Å². The predicted molar refractivity (Wildman–Crippen MR) is 84.8 cm³/mol. The van der Waals surface area contributed by atoms with Gasteiger partial charge >= 0.3 is 6.18 Å². The number of carbonyl (C=O) groups is 1. The molecule has 0 aromatic heterocycles. The molecule has 128 valence electrons. The number of benzene rings is 2. The summed E-state index contributed by atoms with van der Waals surface area (Å²) in [6, 6.07) is 11.4. The van der Waals surface area contributed by atoms with Gasteiger partial charge in [0.05, 0.1) is 5.56 Å². The molecule has 0 aliphatic rings. The van der Waals surface area contributed by atoms with Crippen LogP contribution in [0.5, 0.6) is 5.75 Å². The molecule has 0 spiro atoms. The first-order valence-corrected chi connectivity index (χ1v) is 7.50. The van der Waals surface area contributed by atoms with Gasteiger partial charge in [0.1, 0.15) is 5.75 Å². The van der Waals surface area contributed by atoms with Gasteiger partial charge in [-0.3, -0.25) is 4.79 Å². The molecule has 0 aliphatic heterocycles. The van der Waals surface area contributed by atoms with E-state index in [-0.39, 0.29) is 12.3 Å². The number of hydrogen-bond acceptors (Lipinski definition) is 2. The predicted octanol–water partition coefficient (Wildman–Crippen LogP) is 4.44. The highest BCUT2D eigenvalue weighted by Gasteiger charge is 2.30. The zero-order chi connectivity index (χ0) is 17.7. The number of carbonyl (C=O) groups excluding carboxylic acids is 1. The minimum Gasteiger partial charge on any atom is -0.481 e. The van der Waals surface area contributed by atoms with E-state index in [0.29, 0.717) is 5.02 Å². The summed E-state index contributed by atoms with van der Waals surface area (Å²) >= 11 is 5.99. The van der Waals surface area contributed by atoms with Crippen LogP contribution in [0.25, 0.3) is 0 Å². The third kappa shape index (κ3) is 4.89. The maximum absolute atomic E-state index is 12.7. The third-order valence-corrected chi connectivity index (χ3v) is 3.62. The topological polar surface area (TPSA) is 38.3 Å². The summed E-state index contributed by atoms with van der Waals surface area (Å²) in [7, 11) is 0. The first-order chi connectivity index (χ1) is 11.3. The zero-order valence-corrected chi connectivity index (χ0v) is 13.5. The van der Waals surface area contributed by atoms with Gasteiger partial charge in [-0.2, -0.15) is 13.2 Å². The highest BCUT2D eigenvalue weighted by molar-refractivity contribution is 6.31. The van der Waals surface area contributed by atoms with Crippen molar-refractivity contribution in [3.8, 4) is 5.75 Å². The van der Waals surface area contributed by atoms with Gasteiger partial charge in [0.2, 0.25) is 0 Å². The summed E-state index contributed by atoms with van der Waals surface area (Å²) in [6.07, 6.45) is -5.41. The maximum atomic E-state index is 12.7. The summed E-state index contributed by atoms with van der Waals surface area (Å²) in [5, 5.41) is 3.15. The van der Waals surface area contributed by atoms with E-state index >= 15 is 0 Å². The lowest BCUT2D eigenvalue weighted by Gasteiger charge is -2.16. The van der Waals surface area contributed by atoms with E-state index in [1.54, 1.807) is 24.3 Å². The van der Waals surface area contributed by atoms with E-state index in [9.17, 15) is 18.0 Å². The summed E-state index contributed by atoms with van der Waals surface area (Å²) in [6.45, 7) is 1.66. The lowest BCUT2D eigenvalue weighted by molar-refractivity contribution is -0.137. The normalized spacial score (nSPS) is 12.5. The standard InChI is InChI=1S/C17H15ClF3NO2/c1-11(16(23)22-10-12-5-2-3-8-15(12)18)24-14-7-4-6-13(9-14)17(19,20)21/h2-9,11H,10H2,1H3,(H,22,23)/t11-/m1/s1. The third-order valence-electron chi connectivity index (χ3n) is 3.25. The minimum absolute atomic E-state index is 0.0229. The Kier molecular flexibility index (Phi) is 5.72. The number of ether oxygens (including phenoxy) is 1. The molecule has 1 amide bonds. The molecule has 2 rings (SSSR count). The number of rotatable bonds is 5. The molecule has 0 saturated carbocycles. The average Bonchev–Trinajstić information content (AvgIpc) is 2.53. The molecule has 2 aromatic rings. The van der Waals surface area contributed by atoms with E-state index in [1.165, 1.54) is 19.1 Å². The Bertz CT molecular complexity index is 719. The minimum atomic E-state index is -4.46. The van der Waals surface area contributed by atoms with Crippen LogP contribution in [0.15, 0.2) is 48.5 Å². The van der Waals surface area contributed by atoms with Gasteiger partial charge in [0, 0.05) is 11.6 Å². The second-order valence-corrected chi connectivity index (χ2v) is 5.50. The zero-order valence-electron chi connectivity index (χ0n) is 12.7. The molecule has 0 unspecified atom stereocenters. The highest BCUT2D eigenvalue weighted by Crippen LogP contribution is 2.31. The number of halogens is 4. The summed E-state index contributed by atoms with van der Waals surface area (Å²) in [5.41, 5.74) is -0.0949.